The average Bonchev–Trinajstić information content (AvgIpc) is 2.54. The van der Waals surface area contributed by atoms with Gasteiger partial charge in [0.15, 0.2) is 0 Å². The number of aromatic carboxylic acids is 1. The number of benzene rings is 2. The monoisotopic (exact) mass is 359 g/mol. The molecular weight excluding hydrogens is 346 g/mol. The highest BCUT2D eigenvalue weighted by Crippen LogP contribution is 2.22. The summed E-state index contributed by atoms with van der Waals surface area (Å²) < 4.78 is 32.4. The number of hydrogen-bond acceptors (Lipinski definition) is 5. The molecule has 8 heteroatoms. The Bertz CT molecular complexity index is 1150. The van der Waals surface area contributed by atoms with Crippen molar-refractivity contribution in [2.75, 3.05) is 4.72 Å². The zero-order chi connectivity index (χ0) is 18.2. The third-order valence-electron chi connectivity index (χ3n) is 3.62. The fourth-order valence-corrected chi connectivity index (χ4v) is 3.42. The Morgan fingerprint density at radius 2 is 1.84 bits per heavy atom. The topological polar surface area (TPSA) is 114 Å². The van der Waals surface area contributed by atoms with Gasteiger partial charge in [-0.2, -0.15) is 0 Å². The smallest absolute Gasteiger partial charge is 0.336 e. The number of sulfonamides is 1. The van der Waals surface area contributed by atoms with Crippen LogP contribution in [0.5, 0.6) is 0 Å². The van der Waals surface area contributed by atoms with Crippen LogP contribution in [0.25, 0.3) is 11.0 Å². The lowest BCUT2D eigenvalue weighted by Crippen LogP contribution is -2.14. The van der Waals surface area contributed by atoms with Crippen LogP contribution >= 0.6 is 0 Å². The SMILES string of the molecule is Cc1ccc(S(=O)(=O)Nc2ccc3oc(=O)ccc3c2)cc1C(=O)O. The van der Waals surface area contributed by atoms with Crippen LogP contribution in [-0.4, -0.2) is 19.5 Å². The first-order valence-electron chi connectivity index (χ1n) is 7.17. The van der Waals surface area contributed by atoms with E-state index in [0.717, 1.165) is 6.07 Å². The summed E-state index contributed by atoms with van der Waals surface area (Å²) in [5, 5.41) is 9.69. The van der Waals surface area contributed by atoms with Gasteiger partial charge in [0.2, 0.25) is 0 Å². The Morgan fingerprint density at radius 3 is 2.56 bits per heavy atom. The molecule has 1 aromatic heterocycles. The third-order valence-corrected chi connectivity index (χ3v) is 5.00. The van der Waals surface area contributed by atoms with Gasteiger partial charge in [-0.05, 0) is 48.9 Å². The van der Waals surface area contributed by atoms with Gasteiger partial charge in [0.25, 0.3) is 10.0 Å². The molecule has 2 N–H and O–H groups in total. The number of carbonyl (C=O) groups is 1. The molecule has 0 saturated carbocycles. The molecule has 128 valence electrons. The first-order valence-corrected chi connectivity index (χ1v) is 8.65. The van der Waals surface area contributed by atoms with Gasteiger partial charge in [0.1, 0.15) is 5.58 Å². The van der Waals surface area contributed by atoms with E-state index in [-0.39, 0.29) is 16.1 Å². The van der Waals surface area contributed by atoms with E-state index in [1.165, 1.54) is 42.5 Å². The van der Waals surface area contributed by atoms with Crippen molar-refractivity contribution < 1.29 is 22.7 Å². The maximum atomic E-state index is 12.5. The Labute approximate surface area is 142 Å². The van der Waals surface area contributed by atoms with Gasteiger partial charge in [0.05, 0.1) is 10.5 Å². The van der Waals surface area contributed by atoms with E-state index in [1.54, 1.807) is 6.92 Å². The standard InChI is InChI=1S/C17H13NO6S/c1-10-2-5-13(9-14(10)17(20)21)25(22,23)18-12-4-6-15-11(8-12)3-7-16(19)24-15/h2-9,18H,1H3,(H,20,21). The molecule has 3 rings (SSSR count). The summed E-state index contributed by atoms with van der Waals surface area (Å²) in [6.07, 6.45) is 0. The first kappa shape index (κ1) is 16.7. The fraction of sp³-hybridized carbons (Fsp3) is 0.0588. The second kappa shape index (κ2) is 6.06. The Hall–Kier alpha value is -3.13. The number of hydrogen-bond donors (Lipinski definition) is 2. The number of carboxylic acid groups (broad SMARTS) is 1. The van der Waals surface area contributed by atoms with Crippen molar-refractivity contribution in [2.45, 2.75) is 11.8 Å². The largest absolute Gasteiger partial charge is 0.478 e. The summed E-state index contributed by atoms with van der Waals surface area (Å²) in [4.78, 5) is 22.2. The van der Waals surface area contributed by atoms with E-state index in [2.05, 4.69) is 4.72 Å². The number of rotatable bonds is 4. The van der Waals surface area contributed by atoms with E-state index < -0.39 is 21.6 Å². The summed E-state index contributed by atoms with van der Waals surface area (Å²) in [6.45, 7) is 1.59. The van der Waals surface area contributed by atoms with Crippen LogP contribution in [0.1, 0.15) is 15.9 Å². The van der Waals surface area contributed by atoms with Gasteiger partial charge < -0.3 is 9.52 Å². The highest BCUT2D eigenvalue weighted by atomic mass is 32.2. The van der Waals surface area contributed by atoms with Crippen LogP contribution in [0.4, 0.5) is 5.69 Å². The van der Waals surface area contributed by atoms with E-state index in [9.17, 15) is 18.0 Å². The number of aryl methyl sites for hydroxylation is 1. The molecule has 7 nitrogen and oxygen atoms in total. The van der Waals surface area contributed by atoms with Crippen molar-refractivity contribution in [2.24, 2.45) is 0 Å². The average molecular weight is 359 g/mol. The van der Waals surface area contributed by atoms with Crippen LogP contribution < -0.4 is 10.3 Å². The zero-order valence-electron chi connectivity index (χ0n) is 13.0. The summed E-state index contributed by atoms with van der Waals surface area (Å²) in [5.74, 6) is -1.20. The number of nitrogens with one attached hydrogen (secondary N) is 1. The highest BCUT2D eigenvalue weighted by Gasteiger charge is 2.18. The maximum absolute atomic E-state index is 12.5. The van der Waals surface area contributed by atoms with Crippen LogP contribution in [0.3, 0.4) is 0 Å². The summed E-state index contributed by atoms with van der Waals surface area (Å²) in [7, 11) is -3.97. The first-order chi connectivity index (χ1) is 11.8. The quantitative estimate of drug-likeness (QED) is 0.692. The van der Waals surface area contributed by atoms with Gasteiger partial charge in [-0.1, -0.05) is 6.07 Å². The normalized spacial score (nSPS) is 11.4. The van der Waals surface area contributed by atoms with Gasteiger partial charge >= 0.3 is 11.6 Å². The molecule has 0 spiro atoms. The molecule has 25 heavy (non-hydrogen) atoms. The van der Waals surface area contributed by atoms with E-state index >= 15 is 0 Å². The second-order valence-corrected chi connectivity index (χ2v) is 7.08. The highest BCUT2D eigenvalue weighted by molar-refractivity contribution is 7.92. The number of carboxylic acids is 1. The molecule has 0 aliphatic rings. The lowest BCUT2D eigenvalue weighted by atomic mass is 10.1. The minimum atomic E-state index is -3.97. The van der Waals surface area contributed by atoms with Crippen LogP contribution in [0.2, 0.25) is 0 Å². The van der Waals surface area contributed by atoms with Crippen molar-refractivity contribution in [3.63, 3.8) is 0 Å². The molecule has 0 amide bonds. The van der Waals surface area contributed by atoms with E-state index in [4.69, 9.17) is 9.52 Å². The molecular formula is C17H13NO6S. The van der Waals surface area contributed by atoms with Gasteiger partial charge in [0, 0.05) is 17.1 Å². The van der Waals surface area contributed by atoms with Crippen molar-refractivity contribution in [3.8, 4) is 0 Å². The molecule has 0 fully saturated rings. The molecule has 1 heterocycles. The van der Waals surface area contributed by atoms with Crippen LogP contribution in [0.15, 0.2) is 62.6 Å². The van der Waals surface area contributed by atoms with Crippen LogP contribution in [0, 0.1) is 6.92 Å². The van der Waals surface area contributed by atoms with E-state index in [1.807, 2.05) is 0 Å². The van der Waals surface area contributed by atoms with Crippen molar-refractivity contribution in [1.29, 1.82) is 0 Å². The Balaban J connectivity index is 1.99. The molecule has 0 aliphatic heterocycles. The van der Waals surface area contributed by atoms with E-state index in [0.29, 0.717) is 16.5 Å². The molecule has 3 aromatic rings. The predicted octanol–water partition coefficient (Wildman–Crippen LogP) is 2.60. The van der Waals surface area contributed by atoms with Gasteiger partial charge in [-0.15, -0.1) is 0 Å². The molecule has 0 atom stereocenters. The second-order valence-electron chi connectivity index (χ2n) is 5.39. The summed E-state index contributed by atoms with van der Waals surface area (Å²) >= 11 is 0. The molecule has 0 radical (unpaired) electrons. The Kier molecular flexibility index (Phi) is 4.05. The maximum Gasteiger partial charge on any atom is 0.336 e. The fourth-order valence-electron chi connectivity index (χ4n) is 2.35. The lowest BCUT2D eigenvalue weighted by molar-refractivity contribution is 0.0696. The molecule has 0 bridgehead atoms. The molecule has 0 saturated heterocycles. The van der Waals surface area contributed by atoms with Gasteiger partial charge in [-0.3, -0.25) is 4.72 Å². The lowest BCUT2D eigenvalue weighted by Gasteiger charge is -2.10. The van der Waals surface area contributed by atoms with Crippen LogP contribution in [-0.2, 0) is 10.0 Å². The van der Waals surface area contributed by atoms with Crippen molar-refractivity contribution in [1.82, 2.24) is 0 Å². The number of fused-ring (bicyclic) bond motifs is 1. The molecule has 0 aliphatic carbocycles. The number of anilines is 1. The Morgan fingerprint density at radius 1 is 1.08 bits per heavy atom. The minimum Gasteiger partial charge on any atom is -0.478 e. The third kappa shape index (κ3) is 3.38. The predicted molar refractivity (Wildman–Crippen MR) is 91.4 cm³/mol. The zero-order valence-corrected chi connectivity index (χ0v) is 13.8. The van der Waals surface area contributed by atoms with Gasteiger partial charge in [-0.25, -0.2) is 18.0 Å². The summed E-state index contributed by atoms with van der Waals surface area (Å²) in [5.41, 5.74) is 0.481. The minimum absolute atomic E-state index is 0.0804. The summed E-state index contributed by atoms with van der Waals surface area (Å²) in [6, 6.07) is 11.1. The van der Waals surface area contributed by atoms with Crippen molar-refractivity contribution >= 4 is 32.6 Å². The molecule has 0 unspecified atom stereocenters. The molecule has 2 aromatic carbocycles. The van der Waals surface area contributed by atoms with Crippen molar-refractivity contribution in [3.05, 3.63) is 70.1 Å².